The fourth-order valence-corrected chi connectivity index (χ4v) is 3.88. The standard InChI is InChI=1S/C22H21ClN2O2/c1-14-3-5-17(6-4-14)22(27)9-10-25(13-22)21(26)19-12-16-11-18(23)7-8-20(16)24-15(19)2/h3-8,11-12,27H,9-10,13H2,1-2H3/t22-/m0/s1. The van der Waals surface area contributed by atoms with Crippen LogP contribution in [0.2, 0.25) is 5.02 Å². The molecule has 3 aromatic rings. The third-order valence-electron chi connectivity index (χ3n) is 5.32. The molecule has 0 spiro atoms. The maximum Gasteiger partial charge on any atom is 0.255 e. The molecule has 1 aliphatic rings. The van der Waals surface area contributed by atoms with E-state index in [0.29, 0.717) is 29.2 Å². The van der Waals surface area contributed by atoms with E-state index in [4.69, 9.17) is 11.6 Å². The van der Waals surface area contributed by atoms with Gasteiger partial charge in [-0.3, -0.25) is 9.78 Å². The lowest BCUT2D eigenvalue weighted by Gasteiger charge is -2.24. The van der Waals surface area contributed by atoms with E-state index in [1.54, 1.807) is 11.0 Å². The van der Waals surface area contributed by atoms with Crippen molar-refractivity contribution in [1.82, 2.24) is 9.88 Å². The number of likely N-dealkylation sites (tertiary alicyclic amines) is 1. The van der Waals surface area contributed by atoms with Gasteiger partial charge >= 0.3 is 0 Å². The fourth-order valence-electron chi connectivity index (χ4n) is 3.70. The van der Waals surface area contributed by atoms with Crippen LogP contribution in [-0.4, -0.2) is 34.0 Å². The molecular formula is C22H21ClN2O2. The number of carbonyl (C=O) groups excluding carboxylic acids is 1. The Morgan fingerprint density at radius 3 is 2.63 bits per heavy atom. The Morgan fingerprint density at radius 1 is 1.15 bits per heavy atom. The van der Waals surface area contributed by atoms with Crippen molar-refractivity contribution in [1.29, 1.82) is 0 Å². The van der Waals surface area contributed by atoms with Gasteiger partial charge in [0.25, 0.3) is 5.91 Å². The first kappa shape index (κ1) is 18.0. The highest BCUT2D eigenvalue weighted by Gasteiger charge is 2.40. The molecule has 138 valence electrons. The van der Waals surface area contributed by atoms with Crippen LogP contribution >= 0.6 is 11.6 Å². The van der Waals surface area contributed by atoms with Gasteiger partial charge in [-0.1, -0.05) is 41.4 Å². The summed E-state index contributed by atoms with van der Waals surface area (Å²) in [4.78, 5) is 19.4. The molecule has 27 heavy (non-hydrogen) atoms. The van der Waals surface area contributed by atoms with Gasteiger partial charge in [-0.05, 0) is 50.1 Å². The van der Waals surface area contributed by atoms with Gasteiger partial charge < -0.3 is 10.0 Å². The number of halogens is 1. The predicted molar refractivity (Wildman–Crippen MR) is 107 cm³/mol. The van der Waals surface area contributed by atoms with E-state index >= 15 is 0 Å². The van der Waals surface area contributed by atoms with Gasteiger partial charge in [0.15, 0.2) is 0 Å². The van der Waals surface area contributed by atoms with Crippen molar-refractivity contribution in [3.63, 3.8) is 0 Å². The molecule has 0 unspecified atom stereocenters. The zero-order valence-corrected chi connectivity index (χ0v) is 16.1. The van der Waals surface area contributed by atoms with Crippen molar-refractivity contribution in [2.75, 3.05) is 13.1 Å². The number of rotatable bonds is 2. The topological polar surface area (TPSA) is 53.4 Å². The quantitative estimate of drug-likeness (QED) is 0.723. The summed E-state index contributed by atoms with van der Waals surface area (Å²) in [6, 6.07) is 15.1. The first-order valence-corrected chi connectivity index (χ1v) is 9.39. The molecule has 2 aromatic carbocycles. The first-order valence-electron chi connectivity index (χ1n) is 9.01. The molecule has 1 saturated heterocycles. The van der Waals surface area contributed by atoms with Crippen LogP contribution in [0.4, 0.5) is 0 Å². The van der Waals surface area contributed by atoms with E-state index in [0.717, 1.165) is 22.0 Å². The Balaban J connectivity index is 1.63. The summed E-state index contributed by atoms with van der Waals surface area (Å²) in [5.41, 5.74) is 3.03. The molecule has 0 radical (unpaired) electrons. The second-order valence-electron chi connectivity index (χ2n) is 7.33. The van der Waals surface area contributed by atoms with E-state index in [1.807, 2.05) is 56.3 Å². The Kier molecular flexibility index (Phi) is 4.41. The summed E-state index contributed by atoms with van der Waals surface area (Å²) < 4.78 is 0. The molecule has 1 aromatic heterocycles. The van der Waals surface area contributed by atoms with Crippen molar-refractivity contribution in [3.8, 4) is 0 Å². The number of carbonyl (C=O) groups is 1. The lowest BCUT2D eigenvalue weighted by Crippen LogP contribution is -2.34. The minimum absolute atomic E-state index is 0.107. The zero-order valence-electron chi connectivity index (χ0n) is 15.4. The maximum absolute atomic E-state index is 13.1. The predicted octanol–water partition coefficient (Wildman–Crippen LogP) is 4.24. The van der Waals surface area contributed by atoms with Crippen molar-refractivity contribution >= 4 is 28.4 Å². The summed E-state index contributed by atoms with van der Waals surface area (Å²) >= 11 is 6.08. The number of aryl methyl sites for hydroxylation is 2. The molecule has 4 nitrogen and oxygen atoms in total. The average molecular weight is 381 g/mol. The molecule has 1 atom stereocenters. The van der Waals surface area contributed by atoms with Gasteiger partial charge in [-0.25, -0.2) is 0 Å². The SMILES string of the molecule is Cc1ccc([C@]2(O)CCN(C(=O)c3cc4cc(Cl)ccc4nc3C)C2)cc1. The molecule has 5 heteroatoms. The van der Waals surface area contributed by atoms with Crippen LogP contribution in [0.25, 0.3) is 10.9 Å². The van der Waals surface area contributed by atoms with Gasteiger partial charge in [-0.2, -0.15) is 0 Å². The second-order valence-corrected chi connectivity index (χ2v) is 7.77. The molecule has 4 rings (SSSR count). The van der Waals surface area contributed by atoms with E-state index in [9.17, 15) is 9.90 Å². The highest BCUT2D eigenvalue weighted by Crippen LogP contribution is 2.33. The lowest BCUT2D eigenvalue weighted by molar-refractivity contribution is 0.0417. The van der Waals surface area contributed by atoms with Gasteiger partial charge in [0.05, 0.1) is 23.3 Å². The Hall–Kier alpha value is -2.43. The van der Waals surface area contributed by atoms with Crippen LogP contribution in [0.5, 0.6) is 0 Å². The van der Waals surface area contributed by atoms with E-state index in [1.165, 1.54) is 0 Å². The van der Waals surface area contributed by atoms with Crippen LogP contribution in [0.3, 0.4) is 0 Å². The number of amides is 1. The molecule has 1 fully saturated rings. The highest BCUT2D eigenvalue weighted by molar-refractivity contribution is 6.31. The smallest absolute Gasteiger partial charge is 0.255 e. The normalized spacial score (nSPS) is 19.6. The van der Waals surface area contributed by atoms with Gasteiger partial charge in [0, 0.05) is 17.0 Å². The van der Waals surface area contributed by atoms with Crippen molar-refractivity contribution in [3.05, 3.63) is 75.9 Å². The lowest BCUT2D eigenvalue weighted by atomic mass is 9.92. The van der Waals surface area contributed by atoms with E-state index in [-0.39, 0.29) is 12.5 Å². The summed E-state index contributed by atoms with van der Waals surface area (Å²) in [5, 5.41) is 12.5. The molecule has 1 N–H and O–H groups in total. The van der Waals surface area contributed by atoms with Gasteiger partial charge in [-0.15, -0.1) is 0 Å². The summed E-state index contributed by atoms with van der Waals surface area (Å²) in [6.45, 7) is 4.64. The molecule has 0 bridgehead atoms. The Morgan fingerprint density at radius 2 is 1.89 bits per heavy atom. The number of nitrogens with zero attached hydrogens (tertiary/aromatic N) is 2. The van der Waals surface area contributed by atoms with Gasteiger partial charge in [0.2, 0.25) is 0 Å². The Labute approximate surface area is 163 Å². The largest absolute Gasteiger partial charge is 0.383 e. The number of β-amino-alcohol motifs (C(OH)–C–C–N with tert-alkyl or cyclic N) is 1. The molecule has 2 heterocycles. The van der Waals surface area contributed by atoms with Crippen LogP contribution in [0, 0.1) is 13.8 Å². The molecule has 1 amide bonds. The molecule has 0 aliphatic carbocycles. The number of hydrogen-bond donors (Lipinski definition) is 1. The summed E-state index contributed by atoms with van der Waals surface area (Å²) in [7, 11) is 0. The van der Waals surface area contributed by atoms with Crippen molar-refractivity contribution in [2.24, 2.45) is 0 Å². The van der Waals surface area contributed by atoms with Crippen molar-refractivity contribution < 1.29 is 9.90 Å². The van der Waals surface area contributed by atoms with Crippen LogP contribution in [-0.2, 0) is 5.60 Å². The summed E-state index contributed by atoms with van der Waals surface area (Å²) in [5.74, 6) is -0.107. The number of benzene rings is 2. The molecule has 0 saturated carbocycles. The molecular weight excluding hydrogens is 360 g/mol. The number of aromatic nitrogens is 1. The third-order valence-corrected chi connectivity index (χ3v) is 5.56. The van der Waals surface area contributed by atoms with Crippen molar-refractivity contribution in [2.45, 2.75) is 25.9 Å². The third kappa shape index (κ3) is 3.31. The zero-order chi connectivity index (χ0) is 19.2. The summed E-state index contributed by atoms with van der Waals surface area (Å²) in [6.07, 6.45) is 0.522. The fraction of sp³-hybridized carbons (Fsp3) is 0.273. The average Bonchev–Trinajstić information content (AvgIpc) is 3.05. The number of hydrogen-bond acceptors (Lipinski definition) is 3. The highest BCUT2D eigenvalue weighted by atomic mass is 35.5. The number of aliphatic hydroxyl groups is 1. The van der Waals surface area contributed by atoms with Crippen LogP contribution < -0.4 is 0 Å². The Bertz CT molecular complexity index is 1030. The minimum Gasteiger partial charge on any atom is -0.383 e. The number of pyridine rings is 1. The second kappa shape index (κ2) is 6.63. The van der Waals surface area contributed by atoms with Crippen LogP contribution in [0.15, 0.2) is 48.5 Å². The van der Waals surface area contributed by atoms with E-state index < -0.39 is 5.60 Å². The number of fused-ring (bicyclic) bond motifs is 1. The monoisotopic (exact) mass is 380 g/mol. The van der Waals surface area contributed by atoms with Gasteiger partial charge in [0.1, 0.15) is 5.60 Å². The minimum atomic E-state index is -1.01. The van der Waals surface area contributed by atoms with Crippen LogP contribution in [0.1, 0.15) is 33.6 Å². The van der Waals surface area contributed by atoms with E-state index in [2.05, 4.69) is 4.98 Å². The molecule has 1 aliphatic heterocycles. The maximum atomic E-state index is 13.1. The first-order chi connectivity index (χ1) is 12.9.